The predicted octanol–water partition coefficient (Wildman–Crippen LogP) is 0.655. The van der Waals surface area contributed by atoms with E-state index in [2.05, 4.69) is 0 Å². The maximum atomic E-state index is 11.8. The zero-order valence-electron chi connectivity index (χ0n) is 11.4. The minimum atomic E-state index is -0.524. The zero-order chi connectivity index (χ0) is 13.9. The van der Waals surface area contributed by atoms with Gasteiger partial charge in [-0.1, -0.05) is 0 Å². The third-order valence-corrected chi connectivity index (χ3v) is 2.52. The average molecular weight is 256 g/mol. The predicted molar refractivity (Wildman–Crippen MR) is 65.1 cm³/mol. The van der Waals surface area contributed by atoms with Crippen LogP contribution in [0.15, 0.2) is 0 Å². The highest BCUT2D eigenvalue weighted by atomic mass is 16.6. The fraction of sp³-hybridized carbons (Fsp3) is 0.750. The molecular formula is C12H20N2O4. The molecule has 0 N–H and O–H groups in total. The molecule has 0 aromatic rings. The van der Waals surface area contributed by atoms with E-state index >= 15 is 0 Å². The standard InChI is InChI=1S/C12H20N2O4/c1-9(15)10(16)13-5-7-14(8-6-13)11(17)18-12(2,3)4/h5-8H2,1-4H3. The van der Waals surface area contributed by atoms with Crippen molar-refractivity contribution in [2.24, 2.45) is 0 Å². The van der Waals surface area contributed by atoms with Gasteiger partial charge in [0, 0.05) is 33.1 Å². The van der Waals surface area contributed by atoms with E-state index in [9.17, 15) is 14.4 Å². The van der Waals surface area contributed by atoms with Crippen LogP contribution in [0.1, 0.15) is 27.7 Å². The van der Waals surface area contributed by atoms with Crippen molar-refractivity contribution in [3.8, 4) is 0 Å². The normalized spacial score (nSPS) is 16.4. The number of rotatable bonds is 1. The third kappa shape index (κ3) is 4.01. The number of Topliss-reactive ketones (excluding diaryl/α,β-unsaturated/α-hetero) is 1. The highest BCUT2D eigenvalue weighted by Crippen LogP contribution is 2.11. The maximum absolute atomic E-state index is 11.8. The second kappa shape index (κ2) is 5.37. The van der Waals surface area contributed by atoms with Crippen molar-refractivity contribution in [3.63, 3.8) is 0 Å². The van der Waals surface area contributed by atoms with Crippen molar-refractivity contribution in [1.29, 1.82) is 0 Å². The largest absolute Gasteiger partial charge is 0.444 e. The topological polar surface area (TPSA) is 66.9 Å². The molecule has 1 aliphatic rings. The van der Waals surface area contributed by atoms with Crippen molar-refractivity contribution >= 4 is 17.8 Å². The van der Waals surface area contributed by atoms with Gasteiger partial charge in [0.2, 0.25) is 5.78 Å². The van der Waals surface area contributed by atoms with Crippen LogP contribution in [-0.2, 0) is 14.3 Å². The Hall–Kier alpha value is -1.59. The third-order valence-electron chi connectivity index (χ3n) is 2.52. The molecule has 0 saturated carbocycles. The van der Waals surface area contributed by atoms with E-state index in [0.29, 0.717) is 26.2 Å². The molecule has 0 radical (unpaired) electrons. The molecule has 0 aromatic heterocycles. The smallest absolute Gasteiger partial charge is 0.410 e. The number of ether oxygens (including phenoxy) is 1. The van der Waals surface area contributed by atoms with Crippen LogP contribution < -0.4 is 0 Å². The molecule has 0 atom stereocenters. The quantitative estimate of drug-likeness (QED) is 0.646. The molecule has 1 aliphatic heterocycles. The first-order valence-electron chi connectivity index (χ1n) is 5.98. The Morgan fingerprint density at radius 1 is 0.944 bits per heavy atom. The van der Waals surface area contributed by atoms with Gasteiger partial charge < -0.3 is 14.5 Å². The van der Waals surface area contributed by atoms with Crippen molar-refractivity contribution in [2.75, 3.05) is 26.2 Å². The van der Waals surface area contributed by atoms with E-state index in [4.69, 9.17) is 4.74 Å². The lowest BCUT2D eigenvalue weighted by atomic mass is 10.2. The number of carbonyl (C=O) groups is 3. The Morgan fingerprint density at radius 3 is 1.78 bits per heavy atom. The van der Waals surface area contributed by atoms with E-state index < -0.39 is 17.3 Å². The summed E-state index contributed by atoms with van der Waals surface area (Å²) in [4.78, 5) is 37.2. The van der Waals surface area contributed by atoms with E-state index in [1.807, 2.05) is 0 Å². The number of amides is 2. The zero-order valence-corrected chi connectivity index (χ0v) is 11.4. The summed E-state index contributed by atoms with van der Waals surface area (Å²) in [6.45, 7) is 8.21. The van der Waals surface area contributed by atoms with Gasteiger partial charge in [0.25, 0.3) is 5.91 Å². The van der Waals surface area contributed by atoms with E-state index in [-0.39, 0.29) is 6.09 Å². The molecule has 0 aromatic carbocycles. The lowest BCUT2D eigenvalue weighted by molar-refractivity contribution is -0.144. The van der Waals surface area contributed by atoms with Crippen LogP contribution in [0.5, 0.6) is 0 Å². The van der Waals surface area contributed by atoms with Gasteiger partial charge >= 0.3 is 6.09 Å². The first kappa shape index (κ1) is 14.5. The summed E-state index contributed by atoms with van der Waals surface area (Å²) < 4.78 is 5.24. The summed E-state index contributed by atoms with van der Waals surface area (Å²) in [6, 6.07) is 0. The number of piperazine rings is 1. The summed E-state index contributed by atoms with van der Waals surface area (Å²) in [7, 11) is 0. The fourth-order valence-electron chi connectivity index (χ4n) is 1.64. The van der Waals surface area contributed by atoms with Crippen LogP contribution in [-0.4, -0.2) is 59.4 Å². The van der Waals surface area contributed by atoms with E-state index in [0.717, 1.165) is 0 Å². The van der Waals surface area contributed by atoms with Crippen molar-refractivity contribution in [2.45, 2.75) is 33.3 Å². The molecule has 1 fully saturated rings. The van der Waals surface area contributed by atoms with Crippen molar-refractivity contribution in [3.05, 3.63) is 0 Å². The van der Waals surface area contributed by atoms with Crippen LogP contribution in [0.2, 0.25) is 0 Å². The van der Waals surface area contributed by atoms with Gasteiger partial charge in [-0.15, -0.1) is 0 Å². The number of nitrogens with zero attached hydrogens (tertiary/aromatic N) is 2. The number of ketones is 1. The maximum Gasteiger partial charge on any atom is 0.410 e. The SMILES string of the molecule is CC(=O)C(=O)N1CCN(C(=O)OC(C)(C)C)CC1. The second-order valence-corrected chi connectivity index (χ2v) is 5.32. The highest BCUT2D eigenvalue weighted by Gasteiger charge is 2.28. The molecule has 1 heterocycles. The molecule has 1 saturated heterocycles. The summed E-state index contributed by atoms with van der Waals surface area (Å²) in [6.07, 6.45) is -0.377. The van der Waals surface area contributed by atoms with Crippen LogP contribution in [0, 0.1) is 0 Å². The average Bonchev–Trinajstić information content (AvgIpc) is 2.26. The van der Waals surface area contributed by atoms with E-state index in [1.54, 1.807) is 25.7 Å². The summed E-state index contributed by atoms with van der Waals surface area (Å²) in [5.41, 5.74) is -0.524. The van der Waals surface area contributed by atoms with Gasteiger partial charge in [0.1, 0.15) is 5.60 Å². The lowest BCUT2D eigenvalue weighted by Gasteiger charge is -2.35. The lowest BCUT2D eigenvalue weighted by Crippen LogP contribution is -2.52. The minimum Gasteiger partial charge on any atom is -0.444 e. The molecule has 0 unspecified atom stereocenters. The molecule has 1 rings (SSSR count). The molecule has 0 spiro atoms. The van der Waals surface area contributed by atoms with Crippen molar-refractivity contribution in [1.82, 2.24) is 9.80 Å². The number of carbonyl (C=O) groups excluding carboxylic acids is 3. The highest BCUT2D eigenvalue weighted by molar-refractivity contribution is 6.35. The summed E-state index contributed by atoms with van der Waals surface area (Å²) >= 11 is 0. The van der Waals surface area contributed by atoms with Gasteiger partial charge in [-0.05, 0) is 20.8 Å². The molecule has 18 heavy (non-hydrogen) atoms. The van der Waals surface area contributed by atoms with E-state index in [1.165, 1.54) is 11.8 Å². The van der Waals surface area contributed by atoms with Gasteiger partial charge in [-0.3, -0.25) is 9.59 Å². The molecule has 2 amide bonds. The summed E-state index contributed by atoms with van der Waals surface area (Å²) in [5.74, 6) is -0.959. The first-order chi connectivity index (χ1) is 8.20. The molecule has 102 valence electrons. The Morgan fingerprint density at radius 2 is 1.39 bits per heavy atom. The van der Waals surface area contributed by atoms with Gasteiger partial charge in [0.05, 0.1) is 0 Å². The second-order valence-electron chi connectivity index (χ2n) is 5.32. The molecule has 0 bridgehead atoms. The Balaban J connectivity index is 2.47. The van der Waals surface area contributed by atoms with Gasteiger partial charge in [-0.2, -0.15) is 0 Å². The van der Waals surface area contributed by atoms with Crippen LogP contribution in [0.3, 0.4) is 0 Å². The molecule has 6 heteroatoms. The first-order valence-corrected chi connectivity index (χ1v) is 5.98. The molecule has 6 nitrogen and oxygen atoms in total. The molecular weight excluding hydrogens is 236 g/mol. The van der Waals surface area contributed by atoms with Crippen molar-refractivity contribution < 1.29 is 19.1 Å². The van der Waals surface area contributed by atoms with Crippen LogP contribution >= 0.6 is 0 Å². The Kier molecular flexibility index (Phi) is 4.32. The Bertz CT molecular complexity index is 352. The molecule has 0 aliphatic carbocycles. The minimum absolute atomic E-state index is 0.373. The Labute approximate surface area is 107 Å². The number of hydrogen-bond donors (Lipinski definition) is 0. The monoisotopic (exact) mass is 256 g/mol. The summed E-state index contributed by atoms with van der Waals surface area (Å²) in [5, 5.41) is 0. The van der Waals surface area contributed by atoms with Gasteiger partial charge in [0.15, 0.2) is 0 Å². The number of hydrogen-bond acceptors (Lipinski definition) is 4. The fourth-order valence-corrected chi connectivity index (χ4v) is 1.64. The van der Waals surface area contributed by atoms with Crippen LogP contribution in [0.25, 0.3) is 0 Å². The van der Waals surface area contributed by atoms with Crippen LogP contribution in [0.4, 0.5) is 4.79 Å². The van der Waals surface area contributed by atoms with Gasteiger partial charge in [-0.25, -0.2) is 4.79 Å².